The molecule has 14 heavy (non-hydrogen) atoms. The number of hydrogen-bond donors (Lipinski definition) is 0. The largest absolute Gasteiger partial charge is 0.304 e. The zero-order valence-corrected chi connectivity index (χ0v) is 8.86. The lowest BCUT2D eigenvalue weighted by Crippen LogP contribution is -2.13. The van der Waals surface area contributed by atoms with Crippen LogP contribution in [-0.4, -0.2) is 28.4 Å². The van der Waals surface area contributed by atoms with Crippen molar-refractivity contribution in [2.24, 2.45) is 0 Å². The summed E-state index contributed by atoms with van der Waals surface area (Å²) in [5.74, 6) is 0. The molecule has 0 aromatic carbocycles. The molecule has 0 unspecified atom stereocenters. The van der Waals surface area contributed by atoms with Gasteiger partial charge in [0.25, 0.3) is 0 Å². The first-order valence-electron chi connectivity index (χ1n) is 4.76. The van der Waals surface area contributed by atoms with E-state index in [0.717, 1.165) is 17.9 Å². The Bertz CT molecular complexity index is 443. The summed E-state index contributed by atoms with van der Waals surface area (Å²) >= 11 is 0. The zero-order valence-electron chi connectivity index (χ0n) is 8.86. The van der Waals surface area contributed by atoms with Crippen LogP contribution in [0.1, 0.15) is 11.4 Å². The van der Waals surface area contributed by atoms with Crippen LogP contribution in [0.4, 0.5) is 0 Å². The Balaban J connectivity index is 2.56. The minimum absolute atomic E-state index is 0.928. The highest BCUT2D eigenvalue weighted by atomic mass is 15.1. The molecule has 0 spiro atoms. The number of aryl methyl sites for hydroxylation is 1. The first-order chi connectivity index (χ1) is 6.68. The van der Waals surface area contributed by atoms with Gasteiger partial charge in [-0.25, -0.2) is 4.98 Å². The molecule has 0 saturated heterocycles. The molecule has 0 saturated carbocycles. The number of fused-ring (bicyclic) bond motifs is 1. The standard InChI is InChI=1S/C11H15N3/c1-9-10(8-13(2)3)14-7-5-4-6-11(14)12-9/h4-7H,8H2,1-3H3. The molecule has 2 aromatic rings. The average Bonchev–Trinajstić information content (AvgIpc) is 2.43. The van der Waals surface area contributed by atoms with Gasteiger partial charge in [-0.2, -0.15) is 0 Å². The van der Waals surface area contributed by atoms with Crippen LogP contribution in [-0.2, 0) is 6.54 Å². The van der Waals surface area contributed by atoms with Crippen LogP contribution in [0.25, 0.3) is 5.65 Å². The maximum absolute atomic E-state index is 4.50. The molecule has 0 N–H and O–H groups in total. The van der Waals surface area contributed by atoms with Crippen LogP contribution in [0.15, 0.2) is 24.4 Å². The van der Waals surface area contributed by atoms with Gasteiger partial charge in [0.05, 0.1) is 11.4 Å². The fourth-order valence-corrected chi connectivity index (χ4v) is 1.65. The maximum Gasteiger partial charge on any atom is 0.137 e. The number of rotatable bonds is 2. The summed E-state index contributed by atoms with van der Waals surface area (Å²) in [4.78, 5) is 6.66. The second-order valence-corrected chi connectivity index (χ2v) is 3.81. The minimum atomic E-state index is 0.928. The third-order valence-corrected chi connectivity index (χ3v) is 2.30. The Hall–Kier alpha value is -1.35. The molecule has 74 valence electrons. The third kappa shape index (κ3) is 1.51. The normalized spacial score (nSPS) is 11.4. The van der Waals surface area contributed by atoms with Gasteiger partial charge >= 0.3 is 0 Å². The van der Waals surface area contributed by atoms with Crippen LogP contribution in [0, 0.1) is 6.92 Å². The molecule has 0 bridgehead atoms. The summed E-state index contributed by atoms with van der Waals surface area (Å²) in [6, 6.07) is 6.08. The Kier molecular flexibility index (Phi) is 2.25. The number of imidazole rings is 1. The van der Waals surface area contributed by atoms with Gasteiger partial charge < -0.3 is 9.30 Å². The van der Waals surface area contributed by atoms with Gasteiger partial charge in [-0.05, 0) is 33.2 Å². The molecule has 0 aliphatic heterocycles. The summed E-state index contributed by atoms with van der Waals surface area (Å²) in [5.41, 5.74) is 3.41. The lowest BCUT2D eigenvalue weighted by Gasteiger charge is -2.09. The van der Waals surface area contributed by atoms with Gasteiger partial charge in [-0.1, -0.05) is 6.07 Å². The lowest BCUT2D eigenvalue weighted by molar-refractivity contribution is 0.394. The molecule has 2 heterocycles. The van der Waals surface area contributed by atoms with E-state index in [9.17, 15) is 0 Å². The van der Waals surface area contributed by atoms with E-state index in [-0.39, 0.29) is 0 Å². The van der Waals surface area contributed by atoms with E-state index < -0.39 is 0 Å². The first kappa shape index (κ1) is 9.21. The Morgan fingerprint density at radius 3 is 2.86 bits per heavy atom. The van der Waals surface area contributed by atoms with E-state index in [2.05, 4.69) is 41.5 Å². The molecule has 0 aliphatic rings. The van der Waals surface area contributed by atoms with Crippen molar-refractivity contribution >= 4 is 5.65 Å². The van der Waals surface area contributed by atoms with Crippen molar-refractivity contribution in [2.75, 3.05) is 14.1 Å². The molecule has 0 amide bonds. The quantitative estimate of drug-likeness (QED) is 0.716. The first-order valence-corrected chi connectivity index (χ1v) is 4.76. The third-order valence-electron chi connectivity index (χ3n) is 2.30. The van der Waals surface area contributed by atoms with E-state index >= 15 is 0 Å². The highest BCUT2D eigenvalue weighted by Gasteiger charge is 2.07. The minimum Gasteiger partial charge on any atom is -0.304 e. The van der Waals surface area contributed by atoms with Crippen molar-refractivity contribution in [1.29, 1.82) is 0 Å². The molecular formula is C11H15N3. The van der Waals surface area contributed by atoms with Gasteiger partial charge in [-0.3, -0.25) is 0 Å². The molecule has 0 radical (unpaired) electrons. The van der Waals surface area contributed by atoms with Crippen molar-refractivity contribution in [1.82, 2.24) is 14.3 Å². The van der Waals surface area contributed by atoms with E-state index in [4.69, 9.17) is 0 Å². The van der Waals surface area contributed by atoms with E-state index in [1.54, 1.807) is 0 Å². The molecule has 0 aliphatic carbocycles. The predicted molar refractivity (Wildman–Crippen MR) is 57.3 cm³/mol. The maximum atomic E-state index is 4.50. The van der Waals surface area contributed by atoms with Crippen LogP contribution in [0.2, 0.25) is 0 Å². The summed E-state index contributed by atoms with van der Waals surface area (Å²) in [5, 5.41) is 0. The van der Waals surface area contributed by atoms with Gasteiger partial charge in [0.2, 0.25) is 0 Å². The average molecular weight is 189 g/mol. The molecule has 2 rings (SSSR count). The second kappa shape index (κ2) is 3.42. The molecule has 0 fully saturated rings. The number of nitrogens with zero attached hydrogens (tertiary/aromatic N) is 3. The van der Waals surface area contributed by atoms with E-state index in [0.29, 0.717) is 0 Å². The highest BCUT2D eigenvalue weighted by Crippen LogP contribution is 2.12. The summed E-state index contributed by atoms with van der Waals surface area (Å²) < 4.78 is 2.15. The summed E-state index contributed by atoms with van der Waals surface area (Å²) in [6.45, 7) is 2.99. The molecule has 0 atom stereocenters. The van der Waals surface area contributed by atoms with Crippen LogP contribution in [0.5, 0.6) is 0 Å². The fourth-order valence-electron chi connectivity index (χ4n) is 1.65. The van der Waals surface area contributed by atoms with Crippen LogP contribution < -0.4 is 0 Å². The number of hydrogen-bond acceptors (Lipinski definition) is 2. The fraction of sp³-hybridized carbons (Fsp3) is 0.364. The summed E-state index contributed by atoms with van der Waals surface area (Å²) in [7, 11) is 4.14. The molecule has 2 aromatic heterocycles. The zero-order chi connectivity index (χ0) is 10.1. The van der Waals surface area contributed by atoms with Crippen molar-refractivity contribution in [3.05, 3.63) is 35.8 Å². The van der Waals surface area contributed by atoms with Gasteiger partial charge in [0.1, 0.15) is 5.65 Å². The van der Waals surface area contributed by atoms with Crippen molar-refractivity contribution in [3.8, 4) is 0 Å². The topological polar surface area (TPSA) is 20.5 Å². The van der Waals surface area contributed by atoms with E-state index in [1.807, 2.05) is 18.2 Å². The van der Waals surface area contributed by atoms with Crippen molar-refractivity contribution in [3.63, 3.8) is 0 Å². The van der Waals surface area contributed by atoms with Crippen molar-refractivity contribution < 1.29 is 0 Å². The second-order valence-electron chi connectivity index (χ2n) is 3.81. The molecular weight excluding hydrogens is 174 g/mol. The molecule has 3 heteroatoms. The SMILES string of the molecule is Cc1nc2ccccn2c1CN(C)C. The van der Waals surface area contributed by atoms with Gasteiger partial charge in [0.15, 0.2) is 0 Å². The number of aromatic nitrogens is 2. The van der Waals surface area contributed by atoms with Gasteiger partial charge in [-0.15, -0.1) is 0 Å². The predicted octanol–water partition coefficient (Wildman–Crippen LogP) is 1.70. The lowest BCUT2D eigenvalue weighted by atomic mass is 10.3. The molecule has 3 nitrogen and oxygen atoms in total. The Morgan fingerprint density at radius 2 is 2.14 bits per heavy atom. The van der Waals surface area contributed by atoms with Gasteiger partial charge in [0, 0.05) is 12.7 Å². The Morgan fingerprint density at radius 1 is 1.36 bits per heavy atom. The number of pyridine rings is 1. The Labute approximate surface area is 84.0 Å². The van der Waals surface area contributed by atoms with Crippen molar-refractivity contribution in [2.45, 2.75) is 13.5 Å². The monoisotopic (exact) mass is 189 g/mol. The van der Waals surface area contributed by atoms with Crippen LogP contribution >= 0.6 is 0 Å². The van der Waals surface area contributed by atoms with E-state index in [1.165, 1.54) is 5.69 Å². The summed E-state index contributed by atoms with van der Waals surface area (Å²) in [6.07, 6.45) is 2.06. The highest BCUT2D eigenvalue weighted by molar-refractivity contribution is 5.42. The van der Waals surface area contributed by atoms with Crippen LogP contribution in [0.3, 0.4) is 0 Å². The smallest absolute Gasteiger partial charge is 0.137 e.